The van der Waals surface area contributed by atoms with Gasteiger partial charge in [-0.15, -0.1) is 0 Å². The standard InChI is InChI=1S/C7H8ClN3O/c8-7-9-1-5(2-10-7)11-6-3-12-4-6/h1-2,6,11H,3-4H2. The monoisotopic (exact) mass is 185 g/mol. The second-order valence-corrected chi connectivity index (χ2v) is 2.96. The Balaban J connectivity index is 1.98. The molecule has 1 N–H and O–H groups in total. The first kappa shape index (κ1) is 7.76. The normalized spacial score (nSPS) is 17.1. The van der Waals surface area contributed by atoms with Crippen molar-refractivity contribution in [3.63, 3.8) is 0 Å². The molecule has 5 heteroatoms. The maximum absolute atomic E-state index is 5.52. The molecule has 1 fully saturated rings. The van der Waals surface area contributed by atoms with E-state index in [4.69, 9.17) is 16.3 Å². The summed E-state index contributed by atoms with van der Waals surface area (Å²) >= 11 is 5.52. The van der Waals surface area contributed by atoms with Crippen LogP contribution in [0.1, 0.15) is 0 Å². The Labute approximate surface area is 74.9 Å². The summed E-state index contributed by atoms with van der Waals surface area (Å²) in [6, 6.07) is 0.398. The van der Waals surface area contributed by atoms with Crippen LogP contribution in [0, 0.1) is 0 Å². The number of aromatic nitrogens is 2. The van der Waals surface area contributed by atoms with Crippen molar-refractivity contribution in [3.8, 4) is 0 Å². The molecule has 0 amide bonds. The van der Waals surface area contributed by atoms with Gasteiger partial charge in [0.25, 0.3) is 0 Å². The molecule has 0 bridgehead atoms. The summed E-state index contributed by atoms with van der Waals surface area (Å²) in [5.74, 6) is 0. The maximum atomic E-state index is 5.52. The minimum atomic E-state index is 0.269. The molecule has 1 aromatic heterocycles. The topological polar surface area (TPSA) is 47.0 Å². The van der Waals surface area contributed by atoms with Crippen molar-refractivity contribution in [3.05, 3.63) is 17.7 Å². The summed E-state index contributed by atoms with van der Waals surface area (Å²) < 4.78 is 5.00. The highest BCUT2D eigenvalue weighted by Gasteiger charge is 2.17. The lowest BCUT2D eigenvalue weighted by Gasteiger charge is -2.27. The van der Waals surface area contributed by atoms with E-state index < -0.39 is 0 Å². The van der Waals surface area contributed by atoms with E-state index in [0.717, 1.165) is 18.9 Å². The molecule has 4 nitrogen and oxygen atoms in total. The van der Waals surface area contributed by atoms with Crippen LogP contribution in [0.2, 0.25) is 5.28 Å². The van der Waals surface area contributed by atoms with Gasteiger partial charge in [0.05, 0.1) is 37.3 Å². The lowest BCUT2D eigenvalue weighted by atomic mass is 10.2. The molecule has 2 rings (SSSR count). The van der Waals surface area contributed by atoms with E-state index in [9.17, 15) is 0 Å². The summed E-state index contributed by atoms with van der Waals surface area (Å²) in [4.78, 5) is 7.68. The van der Waals surface area contributed by atoms with Crippen molar-refractivity contribution in [1.29, 1.82) is 0 Å². The summed E-state index contributed by atoms with van der Waals surface area (Å²) in [6.45, 7) is 1.51. The molecule has 12 heavy (non-hydrogen) atoms. The Hall–Kier alpha value is -0.870. The van der Waals surface area contributed by atoms with Crippen LogP contribution in [0.3, 0.4) is 0 Å². The van der Waals surface area contributed by atoms with E-state index in [1.54, 1.807) is 12.4 Å². The molecule has 64 valence electrons. The predicted molar refractivity (Wildman–Crippen MR) is 45.3 cm³/mol. The molecular formula is C7H8ClN3O. The van der Waals surface area contributed by atoms with E-state index in [0.29, 0.717) is 6.04 Å². The zero-order valence-electron chi connectivity index (χ0n) is 6.33. The molecule has 1 aliphatic heterocycles. The average Bonchev–Trinajstić information content (AvgIpc) is 2.00. The number of halogens is 1. The fourth-order valence-corrected chi connectivity index (χ4v) is 1.04. The van der Waals surface area contributed by atoms with Crippen molar-refractivity contribution >= 4 is 17.3 Å². The Morgan fingerprint density at radius 1 is 1.42 bits per heavy atom. The highest BCUT2D eigenvalue weighted by molar-refractivity contribution is 6.28. The number of rotatable bonds is 2. The molecule has 0 unspecified atom stereocenters. The van der Waals surface area contributed by atoms with Gasteiger partial charge in [0, 0.05) is 0 Å². The summed E-state index contributed by atoms with van der Waals surface area (Å²) in [7, 11) is 0. The van der Waals surface area contributed by atoms with Crippen molar-refractivity contribution in [1.82, 2.24) is 9.97 Å². The highest BCUT2D eigenvalue weighted by Crippen LogP contribution is 2.11. The Kier molecular flexibility index (Phi) is 2.10. The van der Waals surface area contributed by atoms with Crippen LogP contribution in [-0.4, -0.2) is 29.2 Å². The van der Waals surface area contributed by atoms with Gasteiger partial charge in [-0.3, -0.25) is 0 Å². The minimum absolute atomic E-state index is 0.269. The SMILES string of the molecule is Clc1ncc(NC2COC2)cn1. The molecule has 0 atom stereocenters. The first-order chi connectivity index (χ1) is 5.84. The third kappa shape index (κ3) is 1.65. The Morgan fingerprint density at radius 2 is 2.08 bits per heavy atom. The van der Waals surface area contributed by atoms with E-state index in [1.807, 2.05) is 0 Å². The van der Waals surface area contributed by atoms with Crippen LogP contribution < -0.4 is 5.32 Å². The lowest BCUT2D eigenvalue weighted by molar-refractivity contribution is 0.0211. The predicted octanol–water partition coefficient (Wildman–Crippen LogP) is 0.941. The van der Waals surface area contributed by atoms with E-state index in [-0.39, 0.29) is 5.28 Å². The number of nitrogens with one attached hydrogen (secondary N) is 1. The first-order valence-electron chi connectivity index (χ1n) is 3.66. The molecule has 0 saturated carbocycles. The summed E-state index contributed by atoms with van der Waals surface area (Å²) in [6.07, 6.45) is 3.32. The third-order valence-electron chi connectivity index (χ3n) is 1.63. The highest BCUT2D eigenvalue weighted by atomic mass is 35.5. The van der Waals surface area contributed by atoms with E-state index >= 15 is 0 Å². The summed E-state index contributed by atoms with van der Waals surface area (Å²) in [5.41, 5.74) is 0.882. The number of hydrogen-bond acceptors (Lipinski definition) is 4. The molecule has 1 aliphatic rings. The quantitative estimate of drug-likeness (QED) is 0.697. The second-order valence-electron chi connectivity index (χ2n) is 2.62. The van der Waals surface area contributed by atoms with Crippen LogP contribution in [0.25, 0.3) is 0 Å². The third-order valence-corrected chi connectivity index (χ3v) is 1.82. The molecule has 2 heterocycles. The maximum Gasteiger partial charge on any atom is 0.222 e. The minimum Gasteiger partial charge on any atom is -0.377 e. The average molecular weight is 186 g/mol. The van der Waals surface area contributed by atoms with Gasteiger partial charge in [0.2, 0.25) is 5.28 Å². The molecule has 0 aliphatic carbocycles. The van der Waals surface area contributed by atoms with Gasteiger partial charge >= 0.3 is 0 Å². The van der Waals surface area contributed by atoms with Gasteiger partial charge in [0.15, 0.2) is 0 Å². The van der Waals surface area contributed by atoms with E-state index in [1.165, 1.54) is 0 Å². The van der Waals surface area contributed by atoms with Crippen molar-refractivity contribution in [2.24, 2.45) is 0 Å². The zero-order valence-corrected chi connectivity index (χ0v) is 7.08. The first-order valence-corrected chi connectivity index (χ1v) is 4.04. The number of nitrogens with zero attached hydrogens (tertiary/aromatic N) is 2. The van der Waals surface area contributed by atoms with E-state index in [2.05, 4.69) is 15.3 Å². The van der Waals surface area contributed by atoms with Gasteiger partial charge in [-0.2, -0.15) is 0 Å². The van der Waals surface area contributed by atoms with Gasteiger partial charge in [-0.05, 0) is 11.6 Å². The molecule has 0 spiro atoms. The second kappa shape index (κ2) is 3.25. The van der Waals surface area contributed by atoms with Crippen molar-refractivity contribution < 1.29 is 4.74 Å². The van der Waals surface area contributed by atoms with Crippen LogP contribution >= 0.6 is 11.6 Å². The van der Waals surface area contributed by atoms with Crippen LogP contribution in [0.5, 0.6) is 0 Å². The number of ether oxygens (including phenoxy) is 1. The largest absolute Gasteiger partial charge is 0.377 e. The molecule has 0 radical (unpaired) electrons. The van der Waals surface area contributed by atoms with Gasteiger partial charge in [-0.1, -0.05) is 0 Å². The molecule has 1 aromatic rings. The van der Waals surface area contributed by atoms with Gasteiger partial charge in [0.1, 0.15) is 0 Å². The number of hydrogen-bond donors (Lipinski definition) is 1. The van der Waals surface area contributed by atoms with Gasteiger partial charge in [-0.25, -0.2) is 9.97 Å². The molecule has 0 aromatic carbocycles. The zero-order chi connectivity index (χ0) is 8.39. The van der Waals surface area contributed by atoms with Gasteiger partial charge < -0.3 is 10.1 Å². The van der Waals surface area contributed by atoms with Crippen LogP contribution in [0.4, 0.5) is 5.69 Å². The lowest BCUT2D eigenvalue weighted by Crippen LogP contribution is -2.40. The van der Waals surface area contributed by atoms with Crippen molar-refractivity contribution in [2.75, 3.05) is 18.5 Å². The fourth-order valence-electron chi connectivity index (χ4n) is 0.942. The fraction of sp³-hybridized carbons (Fsp3) is 0.429. The van der Waals surface area contributed by atoms with Crippen molar-refractivity contribution in [2.45, 2.75) is 6.04 Å². The van der Waals surface area contributed by atoms with Crippen LogP contribution in [0.15, 0.2) is 12.4 Å². The summed E-state index contributed by atoms with van der Waals surface area (Å²) in [5, 5.41) is 3.47. The smallest absolute Gasteiger partial charge is 0.222 e. The number of anilines is 1. The Morgan fingerprint density at radius 3 is 2.58 bits per heavy atom. The Bertz CT molecular complexity index is 260. The van der Waals surface area contributed by atoms with Crippen LogP contribution in [-0.2, 0) is 4.74 Å². The molecular weight excluding hydrogens is 178 g/mol. The molecule has 1 saturated heterocycles.